The molecule has 1 aliphatic rings. The number of aromatic nitrogens is 1. The molecule has 11 heteroatoms. The van der Waals surface area contributed by atoms with Crippen molar-refractivity contribution in [1.29, 1.82) is 0 Å². The lowest BCUT2D eigenvalue weighted by molar-refractivity contribution is -0.120. The number of nitrogens with one attached hydrogen (secondary N) is 1. The Kier molecular flexibility index (Phi) is 5.70. The van der Waals surface area contributed by atoms with Gasteiger partial charge >= 0.3 is 0 Å². The fourth-order valence-electron chi connectivity index (χ4n) is 4.08. The van der Waals surface area contributed by atoms with Crippen molar-refractivity contribution in [3.05, 3.63) is 42.1 Å². The Hall–Kier alpha value is -2.79. The van der Waals surface area contributed by atoms with Crippen molar-refractivity contribution < 1.29 is 26.7 Å². The number of benzene rings is 1. The number of halogens is 2. The van der Waals surface area contributed by atoms with Gasteiger partial charge in [-0.2, -0.15) is 4.39 Å². The van der Waals surface area contributed by atoms with E-state index in [1.807, 2.05) is 13.8 Å². The van der Waals surface area contributed by atoms with Crippen molar-refractivity contribution in [2.24, 2.45) is 10.6 Å². The van der Waals surface area contributed by atoms with Crippen LogP contribution in [0.15, 0.2) is 35.5 Å². The first-order chi connectivity index (χ1) is 14.3. The third-order valence-electron chi connectivity index (χ3n) is 5.30. The van der Waals surface area contributed by atoms with Crippen LogP contribution >= 0.6 is 0 Å². The van der Waals surface area contributed by atoms with Gasteiger partial charge in [-0.15, -0.1) is 0 Å². The first kappa shape index (κ1) is 22.9. The van der Waals surface area contributed by atoms with Gasteiger partial charge in [-0.3, -0.25) is 4.79 Å². The Balaban J connectivity index is 2.02. The maximum absolute atomic E-state index is 14.4. The number of carbonyl (C=O) groups excluding carboxylic acids is 1. The molecule has 0 radical (unpaired) electrons. The molecule has 1 aromatic carbocycles. The van der Waals surface area contributed by atoms with Crippen molar-refractivity contribution in [2.45, 2.75) is 37.8 Å². The minimum absolute atomic E-state index is 0.187. The largest absolute Gasteiger partial charge is 0.491 e. The Morgan fingerprint density at radius 1 is 1.26 bits per heavy atom. The number of rotatable bonds is 5. The normalized spacial score (nSPS) is 20.5. The molecular weight excluding hydrogens is 430 g/mol. The fraction of sp³-hybridized carbons (Fsp3) is 0.400. The summed E-state index contributed by atoms with van der Waals surface area (Å²) >= 11 is 0. The molecule has 1 atom stereocenters. The van der Waals surface area contributed by atoms with Gasteiger partial charge in [-0.1, -0.05) is 13.8 Å². The third-order valence-corrected chi connectivity index (χ3v) is 6.11. The minimum Gasteiger partial charge on any atom is -0.491 e. The molecule has 8 nitrogen and oxygen atoms in total. The lowest BCUT2D eigenvalue weighted by Gasteiger charge is -2.36. The zero-order valence-electron chi connectivity index (χ0n) is 17.6. The number of sulfonamides is 1. The summed E-state index contributed by atoms with van der Waals surface area (Å²) in [6.45, 7) is 5.96. The molecule has 3 N–H and O–H groups in total. The highest BCUT2D eigenvalue weighted by atomic mass is 32.2. The fourth-order valence-corrected chi connectivity index (χ4v) is 4.58. The summed E-state index contributed by atoms with van der Waals surface area (Å²) in [5.74, 6) is -2.95. The molecular formula is C20H24F2N4O4S. The molecule has 2 aromatic rings. The zero-order chi connectivity index (χ0) is 23.2. The van der Waals surface area contributed by atoms with Gasteiger partial charge in [0, 0.05) is 24.5 Å². The van der Waals surface area contributed by atoms with E-state index in [1.54, 1.807) is 11.8 Å². The molecule has 1 unspecified atom stereocenters. The van der Waals surface area contributed by atoms with Gasteiger partial charge < -0.3 is 15.0 Å². The lowest BCUT2D eigenvalue weighted by Crippen LogP contribution is -2.51. The summed E-state index contributed by atoms with van der Waals surface area (Å²) in [5.41, 5.74) is -1.09. The van der Waals surface area contributed by atoms with E-state index in [-0.39, 0.29) is 27.6 Å². The highest BCUT2D eigenvalue weighted by Crippen LogP contribution is 2.47. The number of hydrogen-bond acceptors (Lipinski definition) is 6. The van der Waals surface area contributed by atoms with Crippen LogP contribution in [0.3, 0.4) is 0 Å². The number of pyridine rings is 1. The predicted molar refractivity (Wildman–Crippen MR) is 111 cm³/mol. The third kappa shape index (κ3) is 4.33. The van der Waals surface area contributed by atoms with Crippen LogP contribution < -0.4 is 20.1 Å². The number of nitrogens with zero attached hydrogens (tertiary/aromatic N) is 2. The van der Waals surface area contributed by atoms with E-state index < -0.39 is 33.1 Å². The zero-order valence-corrected chi connectivity index (χ0v) is 18.4. The average molecular weight is 454 g/mol. The van der Waals surface area contributed by atoms with Gasteiger partial charge in [0.2, 0.25) is 11.7 Å². The quantitative estimate of drug-likeness (QED) is 0.718. The number of nitrogens with two attached hydrogens (primary N) is 1. The second-order valence-corrected chi connectivity index (χ2v) is 10.0. The Morgan fingerprint density at radius 2 is 1.94 bits per heavy atom. The lowest BCUT2D eigenvalue weighted by atomic mass is 9.84. The Labute approximate surface area is 179 Å². The SMILES string of the molecule is COc1c(N2CC(C)(C)CC2(C)C(=O)Nc2ccnc(S(N)(=O)=O)c2)ccc(F)c1F. The van der Waals surface area contributed by atoms with E-state index in [0.29, 0.717) is 13.0 Å². The number of ether oxygens (including phenoxy) is 1. The van der Waals surface area contributed by atoms with Crippen LogP contribution in [-0.2, 0) is 14.8 Å². The summed E-state index contributed by atoms with van der Waals surface area (Å²) in [4.78, 5) is 18.7. The minimum atomic E-state index is -4.05. The highest BCUT2D eigenvalue weighted by molar-refractivity contribution is 7.89. The van der Waals surface area contributed by atoms with E-state index >= 15 is 0 Å². The van der Waals surface area contributed by atoms with Crippen LogP contribution in [0.1, 0.15) is 27.2 Å². The second-order valence-electron chi connectivity index (χ2n) is 8.50. The van der Waals surface area contributed by atoms with Crippen LogP contribution in [0.4, 0.5) is 20.2 Å². The molecule has 31 heavy (non-hydrogen) atoms. The molecule has 1 amide bonds. The number of methoxy groups -OCH3 is 1. The van der Waals surface area contributed by atoms with Crippen molar-refractivity contribution in [1.82, 2.24) is 4.98 Å². The highest BCUT2D eigenvalue weighted by Gasteiger charge is 2.52. The van der Waals surface area contributed by atoms with E-state index in [0.717, 1.165) is 12.1 Å². The molecule has 1 aromatic heterocycles. The summed E-state index contributed by atoms with van der Waals surface area (Å²) in [6.07, 6.45) is 1.60. The van der Waals surface area contributed by atoms with Crippen molar-refractivity contribution in [3.8, 4) is 5.75 Å². The van der Waals surface area contributed by atoms with Crippen molar-refractivity contribution >= 4 is 27.3 Å². The van der Waals surface area contributed by atoms with Crippen LogP contribution in [0.25, 0.3) is 0 Å². The first-order valence-electron chi connectivity index (χ1n) is 9.38. The van der Waals surface area contributed by atoms with E-state index in [2.05, 4.69) is 10.3 Å². The van der Waals surface area contributed by atoms with E-state index in [9.17, 15) is 22.0 Å². The van der Waals surface area contributed by atoms with Gasteiger partial charge in [0.15, 0.2) is 16.6 Å². The number of carbonyl (C=O) groups is 1. The second kappa shape index (κ2) is 7.72. The van der Waals surface area contributed by atoms with Crippen LogP contribution in [0.5, 0.6) is 5.75 Å². The molecule has 0 bridgehead atoms. The number of hydrogen-bond donors (Lipinski definition) is 2. The summed E-state index contributed by atoms with van der Waals surface area (Å²) in [6, 6.07) is 4.94. The predicted octanol–water partition coefficient (Wildman–Crippen LogP) is 2.65. The van der Waals surface area contributed by atoms with Crippen LogP contribution in [-0.4, -0.2) is 38.5 Å². The van der Waals surface area contributed by atoms with E-state index in [1.165, 1.54) is 25.4 Å². The smallest absolute Gasteiger partial charge is 0.255 e. The molecule has 2 heterocycles. The first-order valence-corrected chi connectivity index (χ1v) is 10.9. The molecule has 3 rings (SSSR count). The number of amides is 1. The average Bonchev–Trinajstić information content (AvgIpc) is 2.93. The van der Waals surface area contributed by atoms with Gasteiger partial charge in [-0.25, -0.2) is 22.9 Å². The molecule has 168 valence electrons. The molecule has 0 spiro atoms. The van der Waals surface area contributed by atoms with Gasteiger partial charge in [0.1, 0.15) is 5.54 Å². The maximum atomic E-state index is 14.4. The monoisotopic (exact) mass is 454 g/mol. The van der Waals surface area contributed by atoms with Gasteiger partial charge in [0.05, 0.1) is 12.8 Å². The summed E-state index contributed by atoms with van der Waals surface area (Å²) in [7, 11) is -2.82. The molecule has 0 saturated carbocycles. The standard InChI is InChI=1S/C20H24F2N4O4S/c1-19(2)10-20(3,18(27)25-12-7-8-24-15(9-12)31(23,28)29)26(11-19)14-6-5-13(21)16(22)17(14)30-4/h5-9H,10-11H2,1-4H3,(H2,23,28,29)(H,24,25,27). The summed E-state index contributed by atoms with van der Waals surface area (Å²) in [5, 5.41) is 7.41. The Morgan fingerprint density at radius 3 is 2.55 bits per heavy atom. The number of primary sulfonamides is 1. The van der Waals surface area contributed by atoms with Crippen LogP contribution in [0.2, 0.25) is 0 Å². The summed E-state index contributed by atoms with van der Waals surface area (Å²) < 4.78 is 56.3. The molecule has 1 fully saturated rings. The van der Waals surface area contributed by atoms with Gasteiger partial charge in [0.25, 0.3) is 10.0 Å². The maximum Gasteiger partial charge on any atom is 0.255 e. The number of anilines is 2. The van der Waals surface area contributed by atoms with Crippen molar-refractivity contribution in [2.75, 3.05) is 23.9 Å². The van der Waals surface area contributed by atoms with E-state index in [4.69, 9.17) is 9.88 Å². The molecule has 1 saturated heterocycles. The topological polar surface area (TPSA) is 115 Å². The molecule has 0 aliphatic carbocycles. The van der Waals surface area contributed by atoms with Crippen molar-refractivity contribution in [3.63, 3.8) is 0 Å². The molecule has 1 aliphatic heterocycles. The Bertz CT molecular complexity index is 1140. The van der Waals surface area contributed by atoms with Crippen LogP contribution in [0, 0.1) is 17.0 Å². The van der Waals surface area contributed by atoms with Gasteiger partial charge in [-0.05, 0) is 37.0 Å².